The number of hydrogen-bond donors (Lipinski definition) is 0. The first-order valence-corrected chi connectivity index (χ1v) is 5.17. The molecule has 76 valence electrons. The minimum atomic E-state index is -0.353. The van der Waals surface area contributed by atoms with Gasteiger partial charge in [0.15, 0.2) is 0 Å². The highest BCUT2D eigenvalue weighted by molar-refractivity contribution is 14.1. The van der Waals surface area contributed by atoms with E-state index in [-0.39, 0.29) is 17.7 Å². The molecule has 1 aromatic carbocycles. The van der Waals surface area contributed by atoms with Crippen LogP contribution in [0.4, 0.5) is 4.39 Å². The van der Waals surface area contributed by atoms with Crippen molar-refractivity contribution in [3.8, 4) is 0 Å². The van der Waals surface area contributed by atoms with Gasteiger partial charge in [0, 0.05) is 3.57 Å². The number of halogens is 2. The van der Waals surface area contributed by atoms with Gasteiger partial charge in [-0.25, -0.2) is 4.39 Å². The second kappa shape index (κ2) is 4.72. The van der Waals surface area contributed by atoms with E-state index in [1.165, 1.54) is 13.2 Å². The summed E-state index contributed by atoms with van der Waals surface area (Å²) in [6.07, 6.45) is 0. The number of hydrogen-bond acceptors (Lipinski definition) is 2. The van der Waals surface area contributed by atoms with Crippen molar-refractivity contribution in [3.63, 3.8) is 0 Å². The van der Waals surface area contributed by atoms with Gasteiger partial charge in [-0.05, 0) is 47.2 Å². The predicted octanol–water partition coefficient (Wildman–Crippen LogP) is 2.71. The summed E-state index contributed by atoms with van der Waals surface area (Å²) in [6.45, 7) is 1.73. The maximum atomic E-state index is 12.9. The number of ether oxygens (including phenoxy) is 1. The number of benzene rings is 1. The fourth-order valence-corrected chi connectivity index (χ4v) is 1.63. The van der Waals surface area contributed by atoms with Gasteiger partial charge in [-0.1, -0.05) is 6.07 Å². The molecule has 0 aliphatic carbocycles. The first kappa shape index (κ1) is 11.4. The summed E-state index contributed by atoms with van der Waals surface area (Å²) in [5, 5.41) is 0. The molecule has 0 saturated carbocycles. The molecule has 0 radical (unpaired) electrons. The molecule has 0 aliphatic heterocycles. The lowest BCUT2D eigenvalue weighted by molar-refractivity contribution is -0.141. The van der Waals surface area contributed by atoms with Gasteiger partial charge in [0.05, 0.1) is 13.0 Å². The van der Waals surface area contributed by atoms with Crippen molar-refractivity contribution >= 4 is 28.6 Å². The van der Waals surface area contributed by atoms with Gasteiger partial charge in [0.2, 0.25) is 0 Å². The van der Waals surface area contributed by atoms with Crippen molar-refractivity contribution in [2.75, 3.05) is 7.11 Å². The summed E-state index contributed by atoms with van der Waals surface area (Å²) in [5.41, 5.74) is 0.766. The molecule has 4 heteroatoms. The van der Waals surface area contributed by atoms with E-state index in [9.17, 15) is 9.18 Å². The van der Waals surface area contributed by atoms with Gasteiger partial charge in [-0.3, -0.25) is 4.79 Å². The van der Waals surface area contributed by atoms with Crippen LogP contribution in [0.2, 0.25) is 0 Å². The van der Waals surface area contributed by atoms with Crippen molar-refractivity contribution in [3.05, 3.63) is 33.1 Å². The minimum Gasteiger partial charge on any atom is -0.469 e. The van der Waals surface area contributed by atoms with E-state index in [4.69, 9.17) is 0 Å². The van der Waals surface area contributed by atoms with E-state index in [0.717, 1.165) is 5.56 Å². The Bertz CT molecular complexity index is 352. The summed E-state index contributed by atoms with van der Waals surface area (Å²) in [6, 6.07) is 4.60. The lowest BCUT2D eigenvalue weighted by Crippen LogP contribution is -2.11. The van der Waals surface area contributed by atoms with E-state index in [1.807, 2.05) is 22.6 Å². The van der Waals surface area contributed by atoms with Gasteiger partial charge in [0.1, 0.15) is 5.82 Å². The Morgan fingerprint density at radius 2 is 2.21 bits per heavy atom. The minimum absolute atomic E-state index is 0.272. The maximum absolute atomic E-state index is 12.9. The number of rotatable bonds is 2. The molecule has 0 fully saturated rings. The normalized spacial score (nSPS) is 12.3. The number of carbonyl (C=O) groups is 1. The molecule has 0 aliphatic rings. The quantitative estimate of drug-likeness (QED) is 0.620. The lowest BCUT2D eigenvalue weighted by atomic mass is 10.0. The molecule has 0 aromatic heterocycles. The number of carbonyl (C=O) groups excluding carboxylic acids is 1. The van der Waals surface area contributed by atoms with Crippen molar-refractivity contribution in [1.82, 2.24) is 0 Å². The zero-order valence-electron chi connectivity index (χ0n) is 7.88. The first-order chi connectivity index (χ1) is 6.56. The van der Waals surface area contributed by atoms with Crippen LogP contribution in [0.1, 0.15) is 18.4 Å². The monoisotopic (exact) mass is 308 g/mol. The third-order valence-electron chi connectivity index (χ3n) is 2.00. The van der Waals surface area contributed by atoms with Crippen LogP contribution in [0.5, 0.6) is 0 Å². The van der Waals surface area contributed by atoms with Gasteiger partial charge in [-0.2, -0.15) is 0 Å². The Morgan fingerprint density at radius 1 is 1.57 bits per heavy atom. The molecule has 0 N–H and O–H groups in total. The fraction of sp³-hybridized carbons (Fsp3) is 0.300. The standard InChI is InChI=1S/C10H10FIO2/c1-6(10(13)14-2)7-3-4-8(11)9(12)5-7/h3-6H,1-2H3. The molecule has 0 heterocycles. The van der Waals surface area contributed by atoms with E-state index < -0.39 is 0 Å². The van der Waals surface area contributed by atoms with Crippen molar-refractivity contribution in [1.29, 1.82) is 0 Å². The van der Waals surface area contributed by atoms with Gasteiger partial charge in [-0.15, -0.1) is 0 Å². The molecular formula is C10H10FIO2. The topological polar surface area (TPSA) is 26.3 Å². The van der Waals surface area contributed by atoms with Crippen LogP contribution in [0.15, 0.2) is 18.2 Å². The zero-order valence-corrected chi connectivity index (χ0v) is 10.0. The van der Waals surface area contributed by atoms with Gasteiger partial charge >= 0.3 is 5.97 Å². The molecule has 1 atom stereocenters. The first-order valence-electron chi connectivity index (χ1n) is 4.09. The molecule has 0 bridgehead atoms. The van der Waals surface area contributed by atoms with Crippen molar-refractivity contribution in [2.24, 2.45) is 0 Å². The lowest BCUT2D eigenvalue weighted by Gasteiger charge is -2.09. The summed E-state index contributed by atoms with van der Waals surface area (Å²) >= 11 is 1.89. The van der Waals surface area contributed by atoms with E-state index in [1.54, 1.807) is 19.1 Å². The van der Waals surface area contributed by atoms with Gasteiger partial charge in [0.25, 0.3) is 0 Å². The van der Waals surface area contributed by atoms with Crippen LogP contribution in [0.25, 0.3) is 0 Å². The highest BCUT2D eigenvalue weighted by Gasteiger charge is 2.16. The van der Waals surface area contributed by atoms with Crippen LogP contribution in [-0.2, 0) is 9.53 Å². The average Bonchev–Trinajstić information content (AvgIpc) is 2.20. The molecular weight excluding hydrogens is 298 g/mol. The highest BCUT2D eigenvalue weighted by Crippen LogP contribution is 2.20. The molecule has 0 spiro atoms. The molecule has 2 nitrogen and oxygen atoms in total. The summed E-state index contributed by atoms with van der Waals surface area (Å²) in [4.78, 5) is 11.2. The third-order valence-corrected chi connectivity index (χ3v) is 2.83. The van der Waals surface area contributed by atoms with Crippen LogP contribution in [-0.4, -0.2) is 13.1 Å². The van der Waals surface area contributed by atoms with Crippen LogP contribution in [0, 0.1) is 9.39 Å². The van der Waals surface area contributed by atoms with E-state index in [0.29, 0.717) is 3.57 Å². The van der Waals surface area contributed by atoms with Crippen molar-refractivity contribution in [2.45, 2.75) is 12.8 Å². The summed E-state index contributed by atoms with van der Waals surface area (Å²) in [5.74, 6) is -0.937. The van der Waals surface area contributed by atoms with E-state index >= 15 is 0 Å². The molecule has 0 saturated heterocycles. The smallest absolute Gasteiger partial charge is 0.312 e. The predicted molar refractivity (Wildman–Crippen MR) is 59.5 cm³/mol. The zero-order chi connectivity index (χ0) is 10.7. The summed E-state index contributed by atoms with van der Waals surface area (Å²) in [7, 11) is 1.34. The van der Waals surface area contributed by atoms with Crippen LogP contribution < -0.4 is 0 Å². The van der Waals surface area contributed by atoms with Crippen LogP contribution in [0.3, 0.4) is 0 Å². The molecule has 1 aromatic rings. The average molecular weight is 308 g/mol. The number of methoxy groups -OCH3 is 1. The van der Waals surface area contributed by atoms with Gasteiger partial charge < -0.3 is 4.74 Å². The maximum Gasteiger partial charge on any atom is 0.312 e. The summed E-state index contributed by atoms with van der Waals surface area (Å²) < 4.78 is 18.0. The second-order valence-electron chi connectivity index (χ2n) is 2.92. The van der Waals surface area contributed by atoms with Crippen molar-refractivity contribution < 1.29 is 13.9 Å². The molecule has 14 heavy (non-hydrogen) atoms. The number of esters is 1. The Morgan fingerprint density at radius 3 is 2.71 bits per heavy atom. The SMILES string of the molecule is COC(=O)C(C)c1ccc(F)c(I)c1. The molecule has 1 unspecified atom stereocenters. The Labute approximate surface area is 95.6 Å². The largest absolute Gasteiger partial charge is 0.469 e. The highest BCUT2D eigenvalue weighted by atomic mass is 127. The molecule has 0 amide bonds. The fourth-order valence-electron chi connectivity index (χ4n) is 1.09. The Hall–Kier alpha value is -0.650. The third kappa shape index (κ3) is 2.43. The Kier molecular flexibility index (Phi) is 3.86. The molecule has 1 rings (SSSR count). The van der Waals surface area contributed by atoms with E-state index in [2.05, 4.69) is 4.74 Å². The van der Waals surface area contributed by atoms with Crippen LogP contribution >= 0.6 is 22.6 Å². The second-order valence-corrected chi connectivity index (χ2v) is 4.08. The Balaban J connectivity index is 2.96.